The number of phenolic OH excluding ortho intramolecular Hbond substituents is 1. The van der Waals surface area contributed by atoms with Crippen molar-refractivity contribution in [3.63, 3.8) is 0 Å². The minimum absolute atomic E-state index is 0.00890. The number of carbonyl (C=O) groups excluding carboxylic acids is 1. The van der Waals surface area contributed by atoms with Gasteiger partial charge in [0.05, 0.1) is 0 Å². The molecular weight excluding hydrogens is 328 g/mol. The fourth-order valence-corrected chi connectivity index (χ4v) is 6.05. The number of nitrogens with one attached hydrogen (secondary N) is 1. The van der Waals surface area contributed by atoms with Gasteiger partial charge in [0, 0.05) is 19.5 Å². The van der Waals surface area contributed by atoms with Crippen LogP contribution in [0, 0.1) is 17.3 Å². The molecule has 0 aliphatic heterocycles. The van der Waals surface area contributed by atoms with Crippen LogP contribution >= 0.6 is 0 Å². The predicted octanol–water partition coefficient (Wildman–Crippen LogP) is 3.82. The Bertz CT molecular complexity index is 704. The van der Waals surface area contributed by atoms with Crippen LogP contribution in [-0.4, -0.2) is 36.4 Å². The second-order valence-electron chi connectivity index (χ2n) is 8.82. The number of aryl methyl sites for hydroxylation is 1. The Morgan fingerprint density at radius 2 is 2.08 bits per heavy atom. The van der Waals surface area contributed by atoms with Gasteiger partial charge in [-0.2, -0.15) is 0 Å². The Morgan fingerprint density at radius 1 is 1.27 bits per heavy atom. The topological polar surface area (TPSA) is 61.8 Å². The van der Waals surface area contributed by atoms with E-state index in [4.69, 9.17) is 4.74 Å². The number of aromatic hydroxyl groups is 1. The third-order valence-corrected chi connectivity index (χ3v) is 7.19. The minimum Gasteiger partial charge on any atom is -0.508 e. The fourth-order valence-electron chi connectivity index (χ4n) is 6.05. The van der Waals surface area contributed by atoms with Gasteiger partial charge in [0.25, 0.3) is 0 Å². The van der Waals surface area contributed by atoms with Gasteiger partial charge in [-0.25, -0.2) is 9.80 Å². The van der Waals surface area contributed by atoms with Crippen LogP contribution in [0.4, 0.5) is 4.79 Å². The average molecular weight is 358 g/mol. The molecule has 2 saturated carbocycles. The zero-order valence-corrected chi connectivity index (χ0v) is 16.0. The van der Waals surface area contributed by atoms with Crippen LogP contribution in [0.25, 0.3) is 0 Å². The lowest BCUT2D eigenvalue weighted by Crippen LogP contribution is -2.47. The molecule has 0 unspecified atom stereocenters. The smallest absolute Gasteiger partial charge is 0.422 e. The van der Waals surface area contributed by atoms with E-state index in [9.17, 15) is 9.90 Å². The maximum Gasteiger partial charge on any atom is 0.422 e. The predicted molar refractivity (Wildman–Crippen MR) is 99.8 cm³/mol. The average Bonchev–Trinajstić information content (AvgIpc) is 2.90. The third kappa shape index (κ3) is 2.86. The van der Waals surface area contributed by atoms with Crippen molar-refractivity contribution in [1.82, 2.24) is 10.4 Å². The molecule has 0 aromatic heterocycles. The number of hydrogen-bond donors (Lipinski definition) is 2. The lowest BCUT2D eigenvalue weighted by atomic mass is 9.55. The zero-order chi connectivity index (χ0) is 18.5. The number of hydrazine groups is 1. The molecule has 3 aliphatic rings. The summed E-state index contributed by atoms with van der Waals surface area (Å²) in [5.74, 6) is 2.24. The molecule has 1 amide bonds. The Kier molecular flexibility index (Phi) is 4.38. The number of amides is 1. The number of nitrogens with zero attached hydrogens (tertiary/aromatic N) is 1. The Balaban J connectivity index is 1.53. The van der Waals surface area contributed by atoms with Gasteiger partial charge in [-0.05, 0) is 79.5 Å². The van der Waals surface area contributed by atoms with Crippen LogP contribution < -0.4 is 5.43 Å². The molecular formula is C21H30N2O3. The Morgan fingerprint density at radius 3 is 2.85 bits per heavy atom. The molecule has 2 N–H and O–H groups in total. The summed E-state index contributed by atoms with van der Waals surface area (Å²) in [6, 6.07) is 5.92. The van der Waals surface area contributed by atoms with Gasteiger partial charge < -0.3 is 9.84 Å². The van der Waals surface area contributed by atoms with Crippen LogP contribution in [0.15, 0.2) is 18.2 Å². The number of rotatable bonds is 2. The summed E-state index contributed by atoms with van der Waals surface area (Å²) in [5.41, 5.74) is 5.55. The summed E-state index contributed by atoms with van der Waals surface area (Å²) in [7, 11) is 3.59. The largest absolute Gasteiger partial charge is 0.508 e. The van der Waals surface area contributed by atoms with Crippen molar-refractivity contribution in [3.05, 3.63) is 29.3 Å². The first-order valence-electron chi connectivity index (χ1n) is 9.85. The zero-order valence-electron chi connectivity index (χ0n) is 16.0. The number of fused-ring (bicyclic) bond motifs is 5. The van der Waals surface area contributed by atoms with E-state index in [1.54, 1.807) is 19.1 Å². The molecule has 26 heavy (non-hydrogen) atoms. The van der Waals surface area contributed by atoms with Crippen molar-refractivity contribution in [2.75, 3.05) is 14.1 Å². The quantitative estimate of drug-likeness (QED) is 0.789. The van der Waals surface area contributed by atoms with Crippen LogP contribution in [0.1, 0.15) is 56.1 Å². The Hall–Kier alpha value is -1.75. The van der Waals surface area contributed by atoms with E-state index >= 15 is 0 Å². The van der Waals surface area contributed by atoms with Gasteiger partial charge in [-0.3, -0.25) is 5.43 Å². The highest BCUT2D eigenvalue weighted by molar-refractivity contribution is 5.66. The summed E-state index contributed by atoms with van der Waals surface area (Å²) in [4.78, 5) is 12.1. The molecule has 1 aromatic rings. The second kappa shape index (κ2) is 6.45. The highest BCUT2D eigenvalue weighted by Crippen LogP contribution is 2.61. The molecule has 3 aliphatic carbocycles. The first-order valence-corrected chi connectivity index (χ1v) is 9.85. The molecule has 0 bridgehead atoms. The van der Waals surface area contributed by atoms with Crippen LogP contribution in [-0.2, 0) is 11.2 Å². The summed E-state index contributed by atoms with van der Waals surface area (Å²) in [5, 5.41) is 11.4. The number of phenols is 1. The standard InChI is InChI=1S/C21H30N2O3/c1-21-11-10-16-15-7-5-14(24)12-13(15)4-6-17(16)18(21)8-9-19(21)26-20(25)22-23(2)3/h5,7,12,16-19,24H,4,6,8-11H2,1-3H3,(H,22,25)/t16-,17-,18+,19+,21+/m1/s1. The normalized spacial score (nSPS) is 35.4. The highest BCUT2D eigenvalue weighted by atomic mass is 16.6. The molecule has 0 saturated heterocycles. The minimum atomic E-state index is -0.339. The SMILES string of the molecule is CN(C)NC(=O)O[C@H]1CC[C@H]2[C@@H]3CCc4cc(O)ccc4[C@H]3CC[C@]12C. The molecule has 142 valence electrons. The lowest BCUT2D eigenvalue weighted by molar-refractivity contribution is -0.0350. The molecule has 1 aromatic carbocycles. The number of hydrogen-bond acceptors (Lipinski definition) is 4. The van der Waals surface area contributed by atoms with E-state index in [1.165, 1.54) is 17.5 Å². The van der Waals surface area contributed by atoms with E-state index in [1.807, 2.05) is 12.1 Å². The van der Waals surface area contributed by atoms with Crippen molar-refractivity contribution in [2.45, 2.75) is 57.5 Å². The van der Waals surface area contributed by atoms with Gasteiger partial charge in [0.1, 0.15) is 11.9 Å². The molecule has 5 heteroatoms. The third-order valence-electron chi connectivity index (χ3n) is 7.19. The first-order chi connectivity index (χ1) is 12.4. The summed E-state index contributed by atoms with van der Waals surface area (Å²) in [6.45, 7) is 2.33. The van der Waals surface area contributed by atoms with Gasteiger partial charge in [0.15, 0.2) is 0 Å². The number of ether oxygens (including phenoxy) is 1. The maximum absolute atomic E-state index is 12.1. The highest BCUT2D eigenvalue weighted by Gasteiger charge is 2.56. The van der Waals surface area contributed by atoms with E-state index in [-0.39, 0.29) is 17.6 Å². The summed E-state index contributed by atoms with van der Waals surface area (Å²) in [6.07, 6.45) is 6.24. The number of carbonyl (C=O) groups is 1. The lowest BCUT2D eigenvalue weighted by Gasteiger charge is -2.50. The van der Waals surface area contributed by atoms with E-state index < -0.39 is 0 Å². The maximum atomic E-state index is 12.1. The van der Waals surface area contributed by atoms with Gasteiger partial charge in [-0.15, -0.1) is 0 Å². The second-order valence-corrected chi connectivity index (χ2v) is 8.82. The Labute approximate surface area is 155 Å². The molecule has 2 fully saturated rings. The van der Waals surface area contributed by atoms with Crippen LogP contribution in [0.2, 0.25) is 0 Å². The number of benzene rings is 1. The molecule has 0 heterocycles. The van der Waals surface area contributed by atoms with Crippen molar-refractivity contribution in [1.29, 1.82) is 0 Å². The van der Waals surface area contributed by atoms with Crippen molar-refractivity contribution < 1.29 is 14.6 Å². The van der Waals surface area contributed by atoms with Gasteiger partial charge in [-0.1, -0.05) is 13.0 Å². The summed E-state index contributed by atoms with van der Waals surface area (Å²) >= 11 is 0. The van der Waals surface area contributed by atoms with E-state index in [0.29, 0.717) is 23.5 Å². The first kappa shape index (κ1) is 17.7. The van der Waals surface area contributed by atoms with Crippen LogP contribution in [0.3, 0.4) is 0 Å². The van der Waals surface area contributed by atoms with Crippen molar-refractivity contribution in [2.24, 2.45) is 17.3 Å². The van der Waals surface area contributed by atoms with Gasteiger partial charge >= 0.3 is 6.09 Å². The molecule has 5 nitrogen and oxygen atoms in total. The van der Waals surface area contributed by atoms with Crippen molar-refractivity contribution >= 4 is 6.09 Å². The van der Waals surface area contributed by atoms with Crippen LogP contribution in [0.5, 0.6) is 5.75 Å². The van der Waals surface area contributed by atoms with Gasteiger partial charge in [0.2, 0.25) is 0 Å². The fraction of sp³-hybridized carbons (Fsp3) is 0.667. The monoisotopic (exact) mass is 358 g/mol. The molecule has 4 rings (SSSR count). The van der Waals surface area contributed by atoms with E-state index in [2.05, 4.69) is 18.4 Å². The molecule has 5 atom stereocenters. The summed E-state index contributed by atoms with van der Waals surface area (Å²) < 4.78 is 5.83. The molecule has 0 radical (unpaired) electrons. The van der Waals surface area contributed by atoms with Crippen molar-refractivity contribution in [3.8, 4) is 5.75 Å². The molecule has 0 spiro atoms. The van der Waals surface area contributed by atoms with E-state index in [0.717, 1.165) is 32.1 Å².